The van der Waals surface area contributed by atoms with E-state index in [1.807, 2.05) is 30.3 Å². The van der Waals surface area contributed by atoms with Crippen LogP contribution in [0.5, 0.6) is 0 Å². The molecule has 0 atom stereocenters. The summed E-state index contributed by atoms with van der Waals surface area (Å²) in [6.45, 7) is 2.16. The van der Waals surface area contributed by atoms with Gasteiger partial charge in [-0.15, -0.1) is 0 Å². The highest BCUT2D eigenvalue weighted by Crippen LogP contribution is 2.37. The van der Waals surface area contributed by atoms with Crippen LogP contribution in [-0.4, -0.2) is 0 Å². The van der Waals surface area contributed by atoms with E-state index < -0.39 is 0 Å². The van der Waals surface area contributed by atoms with E-state index in [9.17, 15) is 4.39 Å². The second-order valence-corrected chi connectivity index (χ2v) is 5.68. The largest absolute Gasteiger partial charge is 0.206 e. The van der Waals surface area contributed by atoms with Crippen molar-refractivity contribution in [3.8, 4) is 11.1 Å². The molecule has 0 saturated carbocycles. The normalized spacial score (nSPS) is 13.3. The number of hydrogen-bond acceptors (Lipinski definition) is 0. The van der Waals surface area contributed by atoms with E-state index >= 15 is 0 Å². The summed E-state index contributed by atoms with van der Waals surface area (Å²) >= 11 is 0. The summed E-state index contributed by atoms with van der Waals surface area (Å²) in [5.74, 6) is -0.156. The summed E-state index contributed by atoms with van der Waals surface area (Å²) < 4.78 is 14.0. The van der Waals surface area contributed by atoms with Gasteiger partial charge in [0.2, 0.25) is 0 Å². The van der Waals surface area contributed by atoms with Crippen LogP contribution in [0.1, 0.15) is 18.1 Å². The zero-order valence-electron chi connectivity index (χ0n) is 11.9. The molecular weight excluding hydrogens is 259 g/mol. The number of halogens is 1. The molecule has 0 amide bonds. The minimum absolute atomic E-state index is 0.156. The molecule has 0 nitrogen and oxygen atoms in total. The number of rotatable bonds is 1. The Hall–Kier alpha value is -2.41. The van der Waals surface area contributed by atoms with Crippen molar-refractivity contribution in [3.05, 3.63) is 77.1 Å². The third-order valence-corrected chi connectivity index (χ3v) is 4.23. The van der Waals surface area contributed by atoms with Gasteiger partial charge >= 0.3 is 0 Å². The van der Waals surface area contributed by atoms with Crippen molar-refractivity contribution < 1.29 is 4.39 Å². The SMILES string of the molecule is CC1=Cc2cccc(-c3ccc(F)c4ccccc34)c2C1. The summed E-state index contributed by atoms with van der Waals surface area (Å²) in [7, 11) is 0. The fourth-order valence-corrected chi connectivity index (χ4v) is 3.28. The van der Waals surface area contributed by atoms with Crippen molar-refractivity contribution in [3.63, 3.8) is 0 Å². The Morgan fingerprint density at radius 1 is 0.810 bits per heavy atom. The molecule has 0 bridgehead atoms. The maximum absolute atomic E-state index is 14.0. The van der Waals surface area contributed by atoms with Gasteiger partial charge in [-0.05, 0) is 47.1 Å². The molecule has 0 unspecified atom stereocenters. The van der Waals surface area contributed by atoms with Crippen LogP contribution >= 0.6 is 0 Å². The van der Waals surface area contributed by atoms with Crippen molar-refractivity contribution >= 4 is 16.8 Å². The summed E-state index contributed by atoms with van der Waals surface area (Å²) in [6, 6.07) is 17.6. The van der Waals surface area contributed by atoms with Crippen LogP contribution in [0.25, 0.3) is 28.0 Å². The van der Waals surface area contributed by atoms with E-state index in [1.165, 1.54) is 22.3 Å². The molecule has 102 valence electrons. The summed E-state index contributed by atoms with van der Waals surface area (Å²) in [6.07, 6.45) is 3.22. The van der Waals surface area contributed by atoms with Crippen LogP contribution in [0, 0.1) is 5.82 Å². The molecule has 4 rings (SSSR count). The first-order valence-electron chi connectivity index (χ1n) is 7.21. The van der Waals surface area contributed by atoms with Crippen LogP contribution in [-0.2, 0) is 6.42 Å². The molecule has 0 aliphatic heterocycles. The van der Waals surface area contributed by atoms with Gasteiger partial charge < -0.3 is 0 Å². The van der Waals surface area contributed by atoms with Crippen molar-refractivity contribution in [2.75, 3.05) is 0 Å². The first-order valence-corrected chi connectivity index (χ1v) is 7.21. The van der Waals surface area contributed by atoms with Crippen molar-refractivity contribution in [2.24, 2.45) is 0 Å². The molecule has 0 N–H and O–H groups in total. The number of allylic oxidation sites excluding steroid dienone is 1. The van der Waals surface area contributed by atoms with Gasteiger partial charge in [0.15, 0.2) is 0 Å². The van der Waals surface area contributed by atoms with E-state index in [2.05, 4.69) is 31.2 Å². The highest BCUT2D eigenvalue weighted by molar-refractivity contribution is 5.98. The second kappa shape index (κ2) is 4.56. The fraction of sp³-hybridized carbons (Fsp3) is 0.100. The monoisotopic (exact) mass is 274 g/mol. The Morgan fingerprint density at radius 3 is 2.48 bits per heavy atom. The fourth-order valence-electron chi connectivity index (χ4n) is 3.28. The molecular formula is C20H15F. The van der Waals surface area contributed by atoms with Crippen molar-refractivity contribution in [1.82, 2.24) is 0 Å². The lowest BCUT2D eigenvalue weighted by Crippen LogP contribution is -1.91. The Morgan fingerprint density at radius 2 is 1.62 bits per heavy atom. The molecule has 0 spiro atoms. The zero-order valence-corrected chi connectivity index (χ0v) is 11.9. The molecule has 1 heteroatoms. The van der Waals surface area contributed by atoms with E-state index in [0.717, 1.165) is 17.4 Å². The maximum Gasteiger partial charge on any atom is 0.131 e. The van der Waals surface area contributed by atoms with Crippen LogP contribution < -0.4 is 0 Å². The molecule has 3 aromatic rings. The van der Waals surface area contributed by atoms with Crippen LogP contribution in [0.2, 0.25) is 0 Å². The van der Waals surface area contributed by atoms with Gasteiger partial charge in [-0.3, -0.25) is 0 Å². The van der Waals surface area contributed by atoms with Gasteiger partial charge in [-0.25, -0.2) is 4.39 Å². The molecule has 3 aromatic carbocycles. The Bertz CT molecular complexity index is 887. The second-order valence-electron chi connectivity index (χ2n) is 5.68. The first kappa shape index (κ1) is 12.3. The zero-order chi connectivity index (χ0) is 14.4. The van der Waals surface area contributed by atoms with Gasteiger partial charge in [-0.1, -0.05) is 60.2 Å². The van der Waals surface area contributed by atoms with Crippen molar-refractivity contribution in [2.45, 2.75) is 13.3 Å². The molecule has 21 heavy (non-hydrogen) atoms. The topological polar surface area (TPSA) is 0 Å². The van der Waals surface area contributed by atoms with Gasteiger partial charge in [0, 0.05) is 5.39 Å². The molecule has 0 aromatic heterocycles. The number of fused-ring (bicyclic) bond motifs is 2. The Kier molecular flexibility index (Phi) is 2.68. The van der Waals surface area contributed by atoms with Gasteiger partial charge in [0.25, 0.3) is 0 Å². The van der Waals surface area contributed by atoms with Gasteiger partial charge in [0.05, 0.1) is 0 Å². The summed E-state index contributed by atoms with van der Waals surface area (Å²) in [5.41, 5.74) is 6.36. The van der Waals surface area contributed by atoms with Crippen LogP contribution in [0.15, 0.2) is 60.2 Å². The smallest absolute Gasteiger partial charge is 0.131 e. The van der Waals surface area contributed by atoms with E-state index in [-0.39, 0.29) is 5.82 Å². The predicted molar refractivity (Wildman–Crippen MR) is 86.7 cm³/mol. The van der Waals surface area contributed by atoms with E-state index in [1.54, 1.807) is 6.07 Å². The molecule has 0 saturated heterocycles. The lowest BCUT2D eigenvalue weighted by Gasteiger charge is -2.12. The molecule has 0 heterocycles. The maximum atomic E-state index is 14.0. The Labute approximate surface area is 123 Å². The van der Waals surface area contributed by atoms with E-state index in [4.69, 9.17) is 0 Å². The Balaban J connectivity index is 2.02. The van der Waals surface area contributed by atoms with Gasteiger partial charge in [0.1, 0.15) is 5.82 Å². The minimum atomic E-state index is -0.156. The third kappa shape index (κ3) is 1.89. The standard InChI is InChI=1S/C20H15F/c1-13-11-14-5-4-8-16(19(14)12-13)17-9-10-20(21)18-7-3-2-6-15(17)18/h2-11H,12H2,1H3. The van der Waals surface area contributed by atoms with E-state index in [0.29, 0.717) is 5.39 Å². The lowest BCUT2D eigenvalue weighted by atomic mass is 9.92. The average Bonchev–Trinajstić information content (AvgIpc) is 2.88. The highest BCUT2D eigenvalue weighted by atomic mass is 19.1. The quantitative estimate of drug-likeness (QED) is 0.541. The lowest BCUT2D eigenvalue weighted by molar-refractivity contribution is 0.640. The average molecular weight is 274 g/mol. The first-order chi connectivity index (χ1) is 10.2. The van der Waals surface area contributed by atoms with Crippen LogP contribution in [0.4, 0.5) is 4.39 Å². The molecule has 1 aliphatic rings. The van der Waals surface area contributed by atoms with Crippen molar-refractivity contribution in [1.29, 1.82) is 0 Å². The van der Waals surface area contributed by atoms with Gasteiger partial charge in [-0.2, -0.15) is 0 Å². The summed E-state index contributed by atoms with van der Waals surface area (Å²) in [4.78, 5) is 0. The third-order valence-electron chi connectivity index (χ3n) is 4.23. The molecule has 0 fully saturated rings. The van der Waals surface area contributed by atoms with Crippen LogP contribution in [0.3, 0.4) is 0 Å². The molecule has 0 radical (unpaired) electrons. The predicted octanol–water partition coefficient (Wildman–Crippen LogP) is 5.61. The number of benzene rings is 3. The number of hydrogen-bond donors (Lipinski definition) is 0. The minimum Gasteiger partial charge on any atom is -0.206 e. The highest BCUT2D eigenvalue weighted by Gasteiger charge is 2.16. The molecule has 1 aliphatic carbocycles. The summed E-state index contributed by atoms with van der Waals surface area (Å²) in [5, 5.41) is 1.67.